The Morgan fingerprint density at radius 1 is 1.38 bits per heavy atom. The Labute approximate surface area is 140 Å². The molecule has 0 atom stereocenters. The number of nitrogens with zero attached hydrogens (tertiary/aromatic N) is 3. The highest BCUT2D eigenvalue weighted by molar-refractivity contribution is 5.84. The number of hydrazone groups is 1. The quantitative estimate of drug-likeness (QED) is 0.502. The van der Waals surface area contributed by atoms with Gasteiger partial charge in [0.25, 0.3) is 5.69 Å². The van der Waals surface area contributed by atoms with E-state index >= 15 is 0 Å². The fraction of sp³-hybridized carbons (Fsp3) is 0.294. The van der Waals surface area contributed by atoms with Crippen LogP contribution in [0.2, 0.25) is 0 Å². The molecule has 7 heteroatoms. The van der Waals surface area contributed by atoms with E-state index in [1.54, 1.807) is 24.4 Å². The molecule has 7 nitrogen and oxygen atoms in total. The number of nitro benzene ring substituents is 1. The summed E-state index contributed by atoms with van der Waals surface area (Å²) in [5, 5.41) is 14.9. The van der Waals surface area contributed by atoms with E-state index in [0.717, 1.165) is 23.5 Å². The molecule has 1 heterocycles. The van der Waals surface area contributed by atoms with Gasteiger partial charge in [0.05, 0.1) is 17.6 Å². The number of rotatable bonds is 6. The van der Waals surface area contributed by atoms with E-state index in [-0.39, 0.29) is 12.1 Å². The molecular formula is C17H20N4O3. The van der Waals surface area contributed by atoms with Crippen molar-refractivity contribution < 1.29 is 9.72 Å². The number of carbonyl (C=O) groups is 1. The monoisotopic (exact) mass is 328 g/mol. The number of aromatic nitrogens is 1. The van der Waals surface area contributed by atoms with Crippen LogP contribution in [-0.4, -0.2) is 21.6 Å². The van der Waals surface area contributed by atoms with Gasteiger partial charge in [-0.2, -0.15) is 5.10 Å². The number of nitro groups is 1. The molecule has 0 saturated heterocycles. The van der Waals surface area contributed by atoms with Crippen molar-refractivity contribution in [2.24, 2.45) is 5.10 Å². The Hall–Kier alpha value is -2.96. The van der Waals surface area contributed by atoms with Gasteiger partial charge in [0.1, 0.15) is 0 Å². The third kappa shape index (κ3) is 3.87. The summed E-state index contributed by atoms with van der Waals surface area (Å²) < 4.78 is 2.15. The topological polar surface area (TPSA) is 89.5 Å². The Morgan fingerprint density at radius 3 is 2.71 bits per heavy atom. The van der Waals surface area contributed by atoms with Crippen molar-refractivity contribution in [3.63, 3.8) is 0 Å². The zero-order valence-corrected chi connectivity index (χ0v) is 13.9. The number of carbonyl (C=O) groups excluding carboxylic acids is 1. The number of hydrogen-bond donors (Lipinski definition) is 1. The average Bonchev–Trinajstić information content (AvgIpc) is 2.81. The van der Waals surface area contributed by atoms with Gasteiger partial charge in [0, 0.05) is 35.1 Å². The molecule has 0 aliphatic heterocycles. The lowest BCUT2D eigenvalue weighted by Gasteiger charge is -2.04. The summed E-state index contributed by atoms with van der Waals surface area (Å²) in [5.74, 6) is -0.398. The van der Waals surface area contributed by atoms with E-state index in [2.05, 4.69) is 22.0 Å². The van der Waals surface area contributed by atoms with E-state index in [1.165, 1.54) is 6.07 Å². The summed E-state index contributed by atoms with van der Waals surface area (Å²) in [4.78, 5) is 22.4. The van der Waals surface area contributed by atoms with Gasteiger partial charge in [-0.3, -0.25) is 14.9 Å². The van der Waals surface area contributed by atoms with Crippen molar-refractivity contribution >= 4 is 17.8 Å². The highest BCUT2D eigenvalue weighted by atomic mass is 16.6. The maximum absolute atomic E-state index is 11.9. The lowest BCUT2D eigenvalue weighted by molar-refractivity contribution is -0.385. The van der Waals surface area contributed by atoms with E-state index in [4.69, 9.17) is 0 Å². The van der Waals surface area contributed by atoms with Crippen molar-refractivity contribution in [2.45, 2.75) is 33.7 Å². The number of aryl methyl sites for hydroxylation is 1. The molecule has 24 heavy (non-hydrogen) atoms. The number of benzene rings is 1. The van der Waals surface area contributed by atoms with Crippen LogP contribution in [0.5, 0.6) is 0 Å². The summed E-state index contributed by atoms with van der Waals surface area (Å²) in [6, 6.07) is 8.18. The molecule has 0 aliphatic carbocycles. The highest BCUT2D eigenvalue weighted by Gasteiger charge is 2.15. The molecule has 2 rings (SSSR count). The summed E-state index contributed by atoms with van der Waals surface area (Å²) >= 11 is 0. The van der Waals surface area contributed by atoms with Crippen LogP contribution < -0.4 is 5.43 Å². The molecule has 0 unspecified atom stereocenters. The smallest absolute Gasteiger partial charge is 0.273 e. The molecule has 0 radical (unpaired) electrons. The van der Waals surface area contributed by atoms with E-state index in [0.29, 0.717) is 5.56 Å². The summed E-state index contributed by atoms with van der Waals surface area (Å²) in [6.45, 7) is 6.94. The van der Waals surface area contributed by atoms with Crippen LogP contribution >= 0.6 is 0 Å². The molecule has 0 spiro atoms. The van der Waals surface area contributed by atoms with Gasteiger partial charge in [-0.05, 0) is 26.8 Å². The predicted molar refractivity (Wildman–Crippen MR) is 92.1 cm³/mol. The van der Waals surface area contributed by atoms with Crippen LogP contribution in [-0.2, 0) is 17.8 Å². The van der Waals surface area contributed by atoms with Crippen LogP contribution in [0.3, 0.4) is 0 Å². The lowest BCUT2D eigenvalue weighted by Crippen LogP contribution is -2.20. The van der Waals surface area contributed by atoms with E-state index in [1.807, 2.05) is 19.9 Å². The Bertz CT molecular complexity index is 793. The third-order valence-corrected chi connectivity index (χ3v) is 3.86. The van der Waals surface area contributed by atoms with Crippen LogP contribution in [0.15, 0.2) is 35.4 Å². The maximum Gasteiger partial charge on any atom is 0.273 e. The minimum Gasteiger partial charge on any atom is -0.349 e. The van der Waals surface area contributed by atoms with Gasteiger partial charge in [-0.25, -0.2) is 5.43 Å². The van der Waals surface area contributed by atoms with Crippen LogP contribution in [0, 0.1) is 24.0 Å². The molecule has 0 aliphatic rings. The molecule has 1 amide bonds. The molecule has 1 aromatic carbocycles. The zero-order valence-electron chi connectivity index (χ0n) is 13.9. The SMILES string of the molecule is CCn1c(C)cc(C=NNC(=O)Cc2ccccc2[N+](=O)[O-])c1C. The number of nitrogens with one attached hydrogen (secondary N) is 1. The second kappa shape index (κ2) is 7.54. The van der Waals surface area contributed by atoms with Crippen molar-refractivity contribution in [1.82, 2.24) is 9.99 Å². The summed E-state index contributed by atoms with van der Waals surface area (Å²) in [7, 11) is 0. The van der Waals surface area contributed by atoms with Gasteiger partial charge < -0.3 is 4.57 Å². The second-order valence-corrected chi connectivity index (χ2v) is 5.43. The fourth-order valence-corrected chi connectivity index (χ4v) is 2.67. The molecule has 1 N–H and O–H groups in total. The summed E-state index contributed by atoms with van der Waals surface area (Å²) in [6.07, 6.45) is 1.49. The molecule has 1 aromatic heterocycles. The van der Waals surface area contributed by atoms with Crippen molar-refractivity contribution in [3.8, 4) is 0 Å². The zero-order chi connectivity index (χ0) is 17.7. The van der Waals surface area contributed by atoms with E-state index < -0.39 is 10.8 Å². The van der Waals surface area contributed by atoms with Crippen molar-refractivity contribution in [2.75, 3.05) is 0 Å². The van der Waals surface area contributed by atoms with Crippen LogP contribution in [0.25, 0.3) is 0 Å². The standard InChI is InChI=1S/C17H20N4O3/c1-4-20-12(2)9-15(13(20)3)11-18-19-17(22)10-14-7-5-6-8-16(14)21(23)24/h5-9,11H,4,10H2,1-3H3,(H,19,22). The molecule has 0 saturated carbocycles. The van der Waals surface area contributed by atoms with Gasteiger partial charge in [0.15, 0.2) is 0 Å². The molecular weight excluding hydrogens is 308 g/mol. The van der Waals surface area contributed by atoms with Crippen LogP contribution in [0.1, 0.15) is 29.4 Å². The normalized spacial score (nSPS) is 11.0. The Morgan fingerprint density at radius 2 is 2.08 bits per heavy atom. The average molecular weight is 328 g/mol. The third-order valence-electron chi connectivity index (χ3n) is 3.86. The largest absolute Gasteiger partial charge is 0.349 e. The minimum atomic E-state index is -0.495. The van der Waals surface area contributed by atoms with Gasteiger partial charge in [-0.1, -0.05) is 18.2 Å². The first kappa shape index (κ1) is 17.4. The molecule has 0 bridgehead atoms. The number of hydrogen-bond acceptors (Lipinski definition) is 4. The molecule has 0 fully saturated rings. The first-order valence-corrected chi connectivity index (χ1v) is 7.65. The highest BCUT2D eigenvalue weighted by Crippen LogP contribution is 2.18. The van der Waals surface area contributed by atoms with Gasteiger partial charge >= 0.3 is 0 Å². The summed E-state index contributed by atoms with van der Waals surface area (Å²) in [5.41, 5.74) is 5.85. The first-order chi connectivity index (χ1) is 11.4. The second-order valence-electron chi connectivity index (χ2n) is 5.43. The van der Waals surface area contributed by atoms with Gasteiger partial charge in [0.2, 0.25) is 5.91 Å². The van der Waals surface area contributed by atoms with Crippen molar-refractivity contribution in [3.05, 3.63) is 63.0 Å². The van der Waals surface area contributed by atoms with Crippen molar-refractivity contribution in [1.29, 1.82) is 0 Å². The van der Waals surface area contributed by atoms with Gasteiger partial charge in [-0.15, -0.1) is 0 Å². The predicted octanol–water partition coefficient (Wildman–Crippen LogP) is 2.73. The van der Waals surface area contributed by atoms with E-state index in [9.17, 15) is 14.9 Å². The Balaban J connectivity index is 2.03. The first-order valence-electron chi connectivity index (χ1n) is 7.65. The fourth-order valence-electron chi connectivity index (χ4n) is 2.67. The maximum atomic E-state index is 11.9. The Kier molecular flexibility index (Phi) is 5.47. The molecule has 2 aromatic rings. The lowest BCUT2D eigenvalue weighted by atomic mass is 10.1. The number of para-hydroxylation sites is 1. The van der Waals surface area contributed by atoms with Crippen LogP contribution in [0.4, 0.5) is 5.69 Å². The minimum absolute atomic E-state index is 0.0666. The number of amides is 1. The molecule has 126 valence electrons.